The van der Waals surface area contributed by atoms with Crippen LogP contribution in [-0.4, -0.2) is 38.2 Å². The van der Waals surface area contributed by atoms with Crippen LogP contribution in [-0.2, 0) is 6.54 Å². The maximum atomic E-state index is 5.60. The third-order valence-corrected chi connectivity index (χ3v) is 3.15. The molecule has 114 valence electrons. The van der Waals surface area contributed by atoms with E-state index < -0.39 is 0 Å². The van der Waals surface area contributed by atoms with Crippen LogP contribution in [0, 0.1) is 0 Å². The average molecular weight is 409 g/mol. The fourth-order valence-electron chi connectivity index (χ4n) is 1.62. The molecule has 0 aliphatic rings. The van der Waals surface area contributed by atoms with Gasteiger partial charge in [-0.1, -0.05) is 18.2 Å². The second-order valence-electron chi connectivity index (χ2n) is 3.89. The van der Waals surface area contributed by atoms with Crippen LogP contribution in [0.2, 0.25) is 0 Å². The molecule has 1 aromatic carbocycles. The van der Waals surface area contributed by atoms with Crippen molar-refractivity contribution in [1.29, 1.82) is 0 Å². The standard InChI is InChI=1S/C14H23N3OS.HI/c1-4-18-13-8-6-5-7-12(13)11-17-14(15-2)16-9-10-19-3;/h5-8H,4,9-11H2,1-3H3,(H2,15,16,17);1H. The fraction of sp³-hybridized carbons (Fsp3) is 0.500. The molecule has 1 aromatic rings. The van der Waals surface area contributed by atoms with E-state index in [1.165, 1.54) is 0 Å². The van der Waals surface area contributed by atoms with Crippen LogP contribution in [0.25, 0.3) is 0 Å². The second kappa shape index (κ2) is 12.1. The molecule has 2 N–H and O–H groups in total. The topological polar surface area (TPSA) is 45.6 Å². The molecule has 0 aliphatic carbocycles. The lowest BCUT2D eigenvalue weighted by Crippen LogP contribution is -2.38. The molecule has 4 nitrogen and oxygen atoms in total. The van der Waals surface area contributed by atoms with E-state index >= 15 is 0 Å². The third kappa shape index (κ3) is 7.23. The minimum Gasteiger partial charge on any atom is -0.494 e. The summed E-state index contributed by atoms with van der Waals surface area (Å²) in [5, 5.41) is 6.56. The predicted molar refractivity (Wildman–Crippen MR) is 99.6 cm³/mol. The molecule has 0 saturated carbocycles. The van der Waals surface area contributed by atoms with Crippen LogP contribution in [0.4, 0.5) is 0 Å². The smallest absolute Gasteiger partial charge is 0.191 e. The van der Waals surface area contributed by atoms with Gasteiger partial charge in [0.25, 0.3) is 0 Å². The molecule has 0 aliphatic heterocycles. The predicted octanol–water partition coefficient (Wildman–Crippen LogP) is 2.73. The molecule has 6 heteroatoms. The molecule has 0 spiro atoms. The van der Waals surface area contributed by atoms with Gasteiger partial charge in [-0.15, -0.1) is 24.0 Å². The van der Waals surface area contributed by atoms with Gasteiger partial charge in [0.15, 0.2) is 5.96 Å². The van der Waals surface area contributed by atoms with Crippen molar-refractivity contribution < 1.29 is 4.74 Å². The minimum atomic E-state index is 0. The minimum absolute atomic E-state index is 0. The van der Waals surface area contributed by atoms with E-state index in [0.717, 1.165) is 29.6 Å². The van der Waals surface area contributed by atoms with Crippen LogP contribution in [0.1, 0.15) is 12.5 Å². The number of ether oxygens (including phenoxy) is 1. The lowest BCUT2D eigenvalue weighted by molar-refractivity contribution is 0.336. The summed E-state index contributed by atoms with van der Waals surface area (Å²) >= 11 is 1.81. The molecule has 0 aromatic heterocycles. The van der Waals surface area contributed by atoms with Crippen molar-refractivity contribution in [3.8, 4) is 5.75 Å². The first-order valence-corrected chi connectivity index (χ1v) is 7.85. The van der Waals surface area contributed by atoms with Crippen molar-refractivity contribution in [2.45, 2.75) is 13.5 Å². The number of halogens is 1. The van der Waals surface area contributed by atoms with Crippen LogP contribution in [0.5, 0.6) is 5.75 Å². The third-order valence-electron chi connectivity index (χ3n) is 2.54. The van der Waals surface area contributed by atoms with E-state index in [-0.39, 0.29) is 24.0 Å². The first-order chi connectivity index (χ1) is 9.31. The van der Waals surface area contributed by atoms with Crippen molar-refractivity contribution >= 4 is 41.7 Å². The average Bonchev–Trinajstić information content (AvgIpc) is 2.44. The summed E-state index contributed by atoms with van der Waals surface area (Å²) in [5.41, 5.74) is 1.14. The Morgan fingerprint density at radius 2 is 2.05 bits per heavy atom. The van der Waals surface area contributed by atoms with Crippen molar-refractivity contribution in [3.05, 3.63) is 29.8 Å². The van der Waals surface area contributed by atoms with E-state index in [2.05, 4.69) is 27.9 Å². The number of para-hydroxylation sites is 1. The number of guanidine groups is 1. The van der Waals surface area contributed by atoms with Crippen molar-refractivity contribution in [3.63, 3.8) is 0 Å². The molecule has 0 amide bonds. The van der Waals surface area contributed by atoms with Crippen LogP contribution < -0.4 is 15.4 Å². The maximum absolute atomic E-state index is 5.60. The molecular weight excluding hydrogens is 385 g/mol. The van der Waals surface area contributed by atoms with E-state index in [0.29, 0.717) is 13.2 Å². The molecule has 0 saturated heterocycles. The van der Waals surface area contributed by atoms with E-state index in [4.69, 9.17) is 4.74 Å². The van der Waals surface area contributed by atoms with E-state index in [1.807, 2.05) is 36.9 Å². The van der Waals surface area contributed by atoms with Gasteiger partial charge in [0.2, 0.25) is 0 Å². The number of thioether (sulfide) groups is 1. The molecular formula is C14H24IN3OS. The summed E-state index contributed by atoms with van der Waals surface area (Å²) in [7, 11) is 1.78. The maximum Gasteiger partial charge on any atom is 0.191 e. The summed E-state index contributed by atoms with van der Waals surface area (Å²) in [4.78, 5) is 4.19. The van der Waals surface area contributed by atoms with Gasteiger partial charge in [-0.2, -0.15) is 11.8 Å². The summed E-state index contributed by atoms with van der Waals surface area (Å²) in [6.07, 6.45) is 2.09. The van der Waals surface area contributed by atoms with Gasteiger partial charge >= 0.3 is 0 Å². The lowest BCUT2D eigenvalue weighted by atomic mass is 10.2. The summed E-state index contributed by atoms with van der Waals surface area (Å²) in [6, 6.07) is 8.06. The van der Waals surface area contributed by atoms with Crippen LogP contribution >= 0.6 is 35.7 Å². The SMILES string of the molecule is CCOc1ccccc1CNC(=NC)NCCSC.I. The largest absolute Gasteiger partial charge is 0.494 e. The van der Waals surface area contributed by atoms with Crippen molar-refractivity contribution in [2.24, 2.45) is 4.99 Å². The second-order valence-corrected chi connectivity index (χ2v) is 4.87. The Bertz CT molecular complexity index is 402. The highest BCUT2D eigenvalue weighted by molar-refractivity contribution is 14.0. The molecule has 20 heavy (non-hydrogen) atoms. The monoisotopic (exact) mass is 409 g/mol. The molecule has 0 unspecified atom stereocenters. The zero-order chi connectivity index (χ0) is 13.9. The highest BCUT2D eigenvalue weighted by Crippen LogP contribution is 2.17. The number of hydrogen-bond acceptors (Lipinski definition) is 3. The van der Waals surface area contributed by atoms with Crippen molar-refractivity contribution in [1.82, 2.24) is 10.6 Å². The number of rotatable bonds is 7. The molecule has 0 atom stereocenters. The summed E-state index contributed by atoms with van der Waals surface area (Å²) in [6.45, 7) is 4.29. The van der Waals surface area contributed by atoms with Gasteiger partial charge < -0.3 is 15.4 Å². The van der Waals surface area contributed by atoms with Gasteiger partial charge in [0.05, 0.1) is 6.61 Å². The first-order valence-electron chi connectivity index (χ1n) is 6.46. The van der Waals surface area contributed by atoms with Crippen LogP contribution in [0.15, 0.2) is 29.3 Å². The Balaban J connectivity index is 0.00000361. The molecule has 0 radical (unpaired) electrons. The molecule has 0 heterocycles. The first kappa shape index (κ1) is 19.4. The van der Waals surface area contributed by atoms with E-state index in [1.54, 1.807) is 7.05 Å². The highest BCUT2D eigenvalue weighted by Gasteiger charge is 2.03. The van der Waals surface area contributed by atoms with Gasteiger partial charge in [-0.05, 0) is 19.2 Å². The number of aliphatic imine (C=N–C) groups is 1. The Morgan fingerprint density at radius 1 is 1.30 bits per heavy atom. The van der Waals surface area contributed by atoms with Gasteiger partial charge in [-0.25, -0.2) is 0 Å². The Labute approximate surface area is 143 Å². The molecule has 0 bridgehead atoms. The summed E-state index contributed by atoms with van der Waals surface area (Å²) < 4.78 is 5.60. The zero-order valence-corrected chi connectivity index (χ0v) is 15.5. The number of hydrogen-bond donors (Lipinski definition) is 2. The Kier molecular flexibility index (Phi) is 11.8. The molecule has 0 fully saturated rings. The van der Waals surface area contributed by atoms with Crippen LogP contribution in [0.3, 0.4) is 0 Å². The lowest BCUT2D eigenvalue weighted by Gasteiger charge is -2.14. The molecule has 1 rings (SSSR count). The number of nitrogens with one attached hydrogen (secondary N) is 2. The number of benzene rings is 1. The van der Waals surface area contributed by atoms with Gasteiger partial charge in [-0.3, -0.25) is 4.99 Å². The Morgan fingerprint density at radius 3 is 2.70 bits per heavy atom. The quantitative estimate of drug-likeness (QED) is 0.315. The normalized spacial score (nSPS) is 10.7. The Hall–Kier alpha value is -0.630. The fourth-order valence-corrected chi connectivity index (χ4v) is 1.92. The number of nitrogens with zero attached hydrogens (tertiary/aromatic N) is 1. The zero-order valence-electron chi connectivity index (χ0n) is 12.3. The van der Waals surface area contributed by atoms with Gasteiger partial charge in [0, 0.05) is 31.5 Å². The van der Waals surface area contributed by atoms with Gasteiger partial charge in [0.1, 0.15) is 5.75 Å². The van der Waals surface area contributed by atoms with E-state index in [9.17, 15) is 0 Å². The van der Waals surface area contributed by atoms with Crippen molar-refractivity contribution in [2.75, 3.05) is 32.2 Å². The summed E-state index contributed by atoms with van der Waals surface area (Å²) in [5.74, 6) is 2.81. The highest BCUT2D eigenvalue weighted by atomic mass is 127.